The van der Waals surface area contributed by atoms with E-state index in [0.717, 1.165) is 68.5 Å². The lowest BCUT2D eigenvalue weighted by molar-refractivity contribution is -0.136. The number of ether oxygens (including phenoxy) is 3. The van der Waals surface area contributed by atoms with E-state index in [4.69, 9.17) is 14.2 Å². The van der Waals surface area contributed by atoms with Gasteiger partial charge in [0.2, 0.25) is 23.6 Å². The highest BCUT2D eigenvalue weighted by molar-refractivity contribution is 6.25. The molecule has 0 bridgehead atoms. The normalized spacial score (nSPS) is 18.0. The number of carbonyl (C=O) groups excluding carboxylic acids is 7. The molecule has 4 aliphatic rings. The molecule has 3 N–H and O–H groups in total. The van der Waals surface area contributed by atoms with Crippen molar-refractivity contribution >= 4 is 53.1 Å². The fourth-order valence-corrected chi connectivity index (χ4v) is 9.22. The highest BCUT2D eigenvalue weighted by Crippen LogP contribution is 2.33. The Morgan fingerprint density at radius 2 is 1.47 bits per heavy atom. The molecule has 7 rings (SSSR count). The number of anilines is 1. The van der Waals surface area contributed by atoms with Crippen LogP contribution < -0.4 is 16.0 Å². The maximum atomic E-state index is 13.3. The number of carbonyl (C=O) groups is 7. The molecule has 0 spiro atoms. The lowest BCUT2D eigenvalue weighted by Crippen LogP contribution is -2.54. The molecular formula is C51H63N7O10. The second kappa shape index (κ2) is 25.2. The Bertz CT molecular complexity index is 2260. The first kappa shape index (κ1) is 49.6. The van der Waals surface area contributed by atoms with E-state index in [2.05, 4.69) is 33.1 Å². The molecule has 17 nitrogen and oxygen atoms in total. The summed E-state index contributed by atoms with van der Waals surface area (Å²) in [4.78, 5) is 97.4. The number of likely N-dealkylation sites (tertiary alicyclic amines) is 2. The number of hydrogen-bond donors (Lipinski definition) is 3. The number of hydrogen-bond acceptors (Lipinski definition) is 12. The zero-order chi connectivity index (χ0) is 47.7. The number of fused-ring (bicyclic) bond motifs is 1. The van der Waals surface area contributed by atoms with Gasteiger partial charge in [-0.05, 0) is 97.9 Å². The minimum atomic E-state index is -1.02. The maximum absolute atomic E-state index is 13.3. The topological polar surface area (TPSA) is 206 Å². The van der Waals surface area contributed by atoms with Gasteiger partial charge in [-0.1, -0.05) is 37.1 Å². The first-order chi connectivity index (χ1) is 33.2. The van der Waals surface area contributed by atoms with Crippen molar-refractivity contribution in [3.05, 3.63) is 101 Å². The smallest absolute Gasteiger partial charge is 0.264 e. The third-order valence-corrected chi connectivity index (χ3v) is 13.1. The van der Waals surface area contributed by atoms with Crippen molar-refractivity contribution in [3.63, 3.8) is 0 Å². The highest BCUT2D eigenvalue weighted by atomic mass is 16.5. The second-order valence-electron chi connectivity index (χ2n) is 17.6. The Kier molecular flexibility index (Phi) is 18.4. The number of piperidine rings is 3. The molecule has 3 aromatic rings. The van der Waals surface area contributed by atoms with E-state index in [0.29, 0.717) is 95.3 Å². The average Bonchev–Trinajstić information content (AvgIpc) is 3.62. The third-order valence-electron chi connectivity index (χ3n) is 13.1. The lowest BCUT2D eigenvalue weighted by atomic mass is 9.88. The number of aromatic nitrogens is 1. The molecule has 68 heavy (non-hydrogen) atoms. The molecule has 4 aliphatic heterocycles. The fourth-order valence-electron chi connectivity index (χ4n) is 9.22. The van der Waals surface area contributed by atoms with Crippen LogP contribution >= 0.6 is 0 Å². The third kappa shape index (κ3) is 13.7. The maximum Gasteiger partial charge on any atom is 0.264 e. The van der Waals surface area contributed by atoms with E-state index >= 15 is 0 Å². The van der Waals surface area contributed by atoms with Crippen molar-refractivity contribution in [1.29, 1.82) is 0 Å². The molecule has 1 atom stereocenters. The average molecular weight is 934 g/mol. The molecule has 1 unspecified atom stereocenters. The molecule has 3 saturated heterocycles. The first-order valence-electron chi connectivity index (χ1n) is 24.0. The van der Waals surface area contributed by atoms with Crippen LogP contribution in [0, 0.1) is 5.92 Å². The Balaban J connectivity index is 0.681. The van der Waals surface area contributed by atoms with Crippen LogP contribution in [-0.2, 0) is 33.4 Å². The van der Waals surface area contributed by atoms with Crippen molar-refractivity contribution in [2.45, 2.75) is 76.2 Å². The summed E-state index contributed by atoms with van der Waals surface area (Å²) in [5.74, 6) is -1.21. The van der Waals surface area contributed by atoms with Crippen LogP contribution in [0.1, 0.15) is 112 Å². The van der Waals surface area contributed by atoms with Crippen LogP contribution in [0.15, 0.2) is 73.1 Å². The number of nitrogens with zero attached hydrogens (tertiary/aromatic N) is 4. The largest absolute Gasteiger partial charge is 0.382 e. The lowest BCUT2D eigenvalue weighted by Gasteiger charge is -2.33. The summed E-state index contributed by atoms with van der Waals surface area (Å²) in [5.41, 5.74) is 3.68. The molecule has 7 amide bonds. The van der Waals surface area contributed by atoms with Gasteiger partial charge in [-0.15, -0.1) is 0 Å². The van der Waals surface area contributed by atoms with E-state index < -0.39 is 29.7 Å². The summed E-state index contributed by atoms with van der Waals surface area (Å²) in [6.07, 6.45) is 14.0. The number of unbranched alkanes of at least 4 members (excludes halogenated alkanes) is 1. The van der Waals surface area contributed by atoms with Crippen LogP contribution in [0.25, 0.3) is 6.08 Å². The number of rotatable bonds is 23. The molecule has 2 aromatic carbocycles. The molecule has 3 fully saturated rings. The van der Waals surface area contributed by atoms with Crippen LogP contribution in [0.3, 0.4) is 0 Å². The van der Waals surface area contributed by atoms with E-state index in [1.807, 2.05) is 34.1 Å². The van der Waals surface area contributed by atoms with Gasteiger partial charge >= 0.3 is 0 Å². The summed E-state index contributed by atoms with van der Waals surface area (Å²) in [7, 11) is 0. The zero-order valence-corrected chi connectivity index (χ0v) is 38.7. The van der Waals surface area contributed by atoms with E-state index in [-0.39, 0.29) is 41.7 Å². The molecule has 17 heteroatoms. The molecule has 0 radical (unpaired) electrons. The second-order valence-corrected chi connectivity index (χ2v) is 17.6. The van der Waals surface area contributed by atoms with E-state index in [9.17, 15) is 33.6 Å². The Hall–Kier alpha value is -6.30. The number of benzene rings is 2. The van der Waals surface area contributed by atoms with Crippen molar-refractivity contribution < 1.29 is 47.8 Å². The van der Waals surface area contributed by atoms with Crippen LogP contribution in [-0.4, -0.2) is 146 Å². The SMILES string of the molecule is O=C(/C=C/c1cccnc1)NCCCCC1CCN(C(=O)c2ccc(C3CCN(C(=O)CCOCCOCCOCCNc4cccc5c4C(=O)N(C4CCC(=O)NC4=O)C5=O)CC3)cc2)CC1. The van der Waals surface area contributed by atoms with Gasteiger partial charge in [-0.25, -0.2) is 0 Å². The van der Waals surface area contributed by atoms with Crippen LogP contribution in [0.4, 0.5) is 5.69 Å². The zero-order valence-electron chi connectivity index (χ0n) is 38.7. The van der Waals surface area contributed by atoms with Crippen LogP contribution in [0.2, 0.25) is 0 Å². The Morgan fingerprint density at radius 1 is 0.750 bits per heavy atom. The molecule has 0 aliphatic carbocycles. The first-order valence-corrected chi connectivity index (χ1v) is 24.0. The van der Waals surface area contributed by atoms with Gasteiger partial charge in [0.1, 0.15) is 6.04 Å². The van der Waals surface area contributed by atoms with Gasteiger partial charge in [-0.3, -0.25) is 48.8 Å². The molecule has 5 heterocycles. The molecular weight excluding hydrogens is 871 g/mol. The number of imide groups is 2. The fraction of sp³-hybridized carbons (Fsp3) is 0.490. The van der Waals surface area contributed by atoms with Crippen LogP contribution in [0.5, 0.6) is 0 Å². The van der Waals surface area contributed by atoms with E-state index in [1.54, 1.807) is 42.7 Å². The van der Waals surface area contributed by atoms with Gasteiger partial charge in [0.05, 0.1) is 57.2 Å². The van der Waals surface area contributed by atoms with Gasteiger partial charge in [-0.2, -0.15) is 0 Å². The van der Waals surface area contributed by atoms with Gasteiger partial charge in [0.25, 0.3) is 17.7 Å². The monoisotopic (exact) mass is 933 g/mol. The molecule has 362 valence electrons. The quantitative estimate of drug-likeness (QED) is 0.0679. The highest BCUT2D eigenvalue weighted by Gasteiger charge is 2.45. The molecule has 0 saturated carbocycles. The van der Waals surface area contributed by atoms with Crippen molar-refractivity contribution in [2.24, 2.45) is 5.92 Å². The summed E-state index contributed by atoms with van der Waals surface area (Å²) in [5, 5.41) is 8.29. The number of amides is 7. The number of pyridine rings is 1. The van der Waals surface area contributed by atoms with Crippen molar-refractivity contribution in [2.75, 3.05) is 84.2 Å². The summed E-state index contributed by atoms with van der Waals surface area (Å²) >= 11 is 0. The van der Waals surface area contributed by atoms with Crippen molar-refractivity contribution in [1.82, 2.24) is 30.3 Å². The summed E-state index contributed by atoms with van der Waals surface area (Å²) < 4.78 is 16.9. The van der Waals surface area contributed by atoms with Crippen molar-refractivity contribution in [3.8, 4) is 0 Å². The summed E-state index contributed by atoms with van der Waals surface area (Å²) in [6.45, 7) is 5.94. The summed E-state index contributed by atoms with van der Waals surface area (Å²) in [6, 6.07) is 15.7. The number of nitrogens with one attached hydrogen (secondary N) is 3. The predicted octanol–water partition coefficient (Wildman–Crippen LogP) is 4.59. The van der Waals surface area contributed by atoms with Gasteiger partial charge in [0, 0.05) is 75.4 Å². The molecule has 1 aromatic heterocycles. The standard InChI is InChI=1S/C51H63N7O10/c59-44(15-9-37-6-4-22-52-35-37)54-23-2-1-5-36-17-25-57(26-18-36)49(63)40-12-10-38(11-13-40)39-19-27-56(28-20-39)46(61)21-29-66-31-33-68-34-32-67-30-24-53-42-8-3-7-41-47(42)51(65)58(50(41)64)43-14-16-45(60)55-48(43)62/h3-4,6-13,15,22,35-36,39,43,53H,1-2,5,14,16-21,23-34H2,(H,54,59)(H,55,60,62)/b15-9+. The minimum Gasteiger partial charge on any atom is -0.382 e. The Labute approximate surface area is 397 Å². The predicted molar refractivity (Wildman–Crippen MR) is 252 cm³/mol. The Morgan fingerprint density at radius 3 is 2.19 bits per heavy atom. The van der Waals surface area contributed by atoms with Gasteiger partial charge in [0.15, 0.2) is 0 Å². The van der Waals surface area contributed by atoms with Gasteiger partial charge < -0.3 is 34.6 Å². The van der Waals surface area contributed by atoms with E-state index in [1.165, 1.54) is 5.56 Å². The minimum absolute atomic E-state index is 0.0558.